The Kier molecular flexibility index (Phi) is 5.34. The molecule has 4 nitrogen and oxygen atoms in total. The minimum Gasteiger partial charge on any atom is -0.343 e. The molecule has 0 aliphatic heterocycles. The summed E-state index contributed by atoms with van der Waals surface area (Å²) in [6.45, 7) is 2.20. The largest absolute Gasteiger partial charge is 0.343 e. The highest BCUT2D eigenvalue weighted by Crippen LogP contribution is 2.05. The molecule has 1 amide bonds. The SMILES string of the molecule is CC(C#N)CN(C)C(=O)[C@@H](N)Cc1ccccc1. The summed E-state index contributed by atoms with van der Waals surface area (Å²) in [5.41, 5.74) is 6.93. The number of amides is 1. The normalized spacial score (nSPS) is 13.4. The van der Waals surface area contributed by atoms with Gasteiger partial charge in [-0.05, 0) is 18.9 Å². The summed E-state index contributed by atoms with van der Waals surface area (Å²) in [4.78, 5) is 13.5. The van der Waals surface area contributed by atoms with Crippen LogP contribution >= 0.6 is 0 Å². The lowest BCUT2D eigenvalue weighted by atomic mass is 10.1. The van der Waals surface area contributed by atoms with E-state index in [4.69, 9.17) is 11.0 Å². The Labute approximate surface area is 108 Å². The van der Waals surface area contributed by atoms with Crippen LogP contribution in [0.4, 0.5) is 0 Å². The van der Waals surface area contributed by atoms with Crippen molar-refractivity contribution in [3.63, 3.8) is 0 Å². The summed E-state index contributed by atoms with van der Waals surface area (Å²) in [6, 6.07) is 11.2. The van der Waals surface area contributed by atoms with E-state index in [0.717, 1.165) is 5.56 Å². The van der Waals surface area contributed by atoms with Crippen LogP contribution in [0.1, 0.15) is 12.5 Å². The van der Waals surface area contributed by atoms with Crippen LogP contribution in [0.3, 0.4) is 0 Å². The second-order valence-electron chi connectivity index (χ2n) is 4.55. The van der Waals surface area contributed by atoms with Gasteiger partial charge in [-0.25, -0.2) is 0 Å². The summed E-state index contributed by atoms with van der Waals surface area (Å²) in [5, 5.41) is 8.72. The zero-order chi connectivity index (χ0) is 13.5. The molecule has 0 aromatic heterocycles. The van der Waals surface area contributed by atoms with Crippen molar-refractivity contribution in [2.24, 2.45) is 11.7 Å². The predicted molar refractivity (Wildman–Crippen MR) is 70.5 cm³/mol. The first kappa shape index (κ1) is 14.2. The third-order valence-electron chi connectivity index (χ3n) is 2.76. The van der Waals surface area contributed by atoms with Crippen LogP contribution in [-0.4, -0.2) is 30.4 Å². The third kappa shape index (κ3) is 4.19. The lowest BCUT2D eigenvalue weighted by Gasteiger charge is -2.22. The number of hydrogen-bond donors (Lipinski definition) is 1. The van der Waals surface area contributed by atoms with Gasteiger partial charge in [0.05, 0.1) is 18.0 Å². The number of rotatable bonds is 5. The molecule has 2 N–H and O–H groups in total. The molecule has 0 bridgehead atoms. The molecule has 2 atom stereocenters. The van der Waals surface area contributed by atoms with Gasteiger partial charge in [0, 0.05) is 13.6 Å². The minimum absolute atomic E-state index is 0.124. The van der Waals surface area contributed by atoms with E-state index < -0.39 is 6.04 Å². The molecule has 18 heavy (non-hydrogen) atoms. The molecule has 0 fully saturated rings. The Morgan fingerprint density at radius 2 is 2.06 bits per heavy atom. The first-order valence-corrected chi connectivity index (χ1v) is 5.98. The molecule has 0 aliphatic rings. The second-order valence-corrected chi connectivity index (χ2v) is 4.55. The fourth-order valence-electron chi connectivity index (χ4n) is 1.78. The average molecular weight is 245 g/mol. The summed E-state index contributed by atoms with van der Waals surface area (Å²) in [5.74, 6) is -0.302. The molecule has 1 unspecified atom stereocenters. The standard InChI is InChI=1S/C14H19N3O/c1-11(9-15)10-17(2)14(18)13(16)8-12-6-4-3-5-7-12/h3-7,11,13H,8,10,16H2,1-2H3/t11?,13-/m0/s1. The molecule has 1 rings (SSSR count). The maximum Gasteiger partial charge on any atom is 0.239 e. The molecule has 96 valence electrons. The highest BCUT2D eigenvalue weighted by Gasteiger charge is 2.19. The average Bonchev–Trinajstić information content (AvgIpc) is 2.38. The molecule has 4 heteroatoms. The Balaban J connectivity index is 2.54. The Morgan fingerprint density at radius 1 is 1.44 bits per heavy atom. The van der Waals surface area contributed by atoms with Gasteiger partial charge in [-0.1, -0.05) is 30.3 Å². The van der Waals surface area contributed by atoms with Crippen molar-refractivity contribution in [2.45, 2.75) is 19.4 Å². The van der Waals surface area contributed by atoms with Gasteiger partial charge in [0.25, 0.3) is 0 Å². The summed E-state index contributed by atoms with van der Waals surface area (Å²) >= 11 is 0. The number of benzene rings is 1. The van der Waals surface area contributed by atoms with Crippen LogP contribution in [0.25, 0.3) is 0 Å². The van der Waals surface area contributed by atoms with Gasteiger partial charge < -0.3 is 10.6 Å². The minimum atomic E-state index is -0.553. The number of carbonyl (C=O) groups excluding carboxylic acids is 1. The van der Waals surface area contributed by atoms with Gasteiger partial charge >= 0.3 is 0 Å². The number of nitrogens with two attached hydrogens (primary N) is 1. The van der Waals surface area contributed by atoms with E-state index in [9.17, 15) is 4.79 Å². The number of nitrogens with zero attached hydrogens (tertiary/aromatic N) is 2. The summed E-state index contributed by atoms with van der Waals surface area (Å²) in [7, 11) is 1.68. The predicted octanol–water partition coefficient (Wildman–Crippen LogP) is 1.17. The number of likely N-dealkylation sites (N-methyl/N-ethyl adjacent to an activating group) is 1. The van der Waals surface area contributed by atoms with Crippen LogP contribution in [0, 0.1) is 17.2 Å². The second kappa shape index (κ2) is 6.77. The lowest BCUT2D eigenvalue weighted by Crippen LogP contribution is -2.44. The number of carbonyl (C=O) groups is 1. The van der Waals surface area contributed by atoms with Crippen molar-refractivity contribution < 1.29 is 4.79 Å². The van der Waals surface area contributed by atoms with Crippen LogP contribution in [0.5, 0.6) is 0 Å². The van der Waals surface area contributed by atoms with Gasteiger partial charge in [0.15, 0.2) is 0 Å². The van der Waals surface area contributed by atoms with E-state index in [1.54, 1.807) is 14.0 Å². The number of nitriles is 1. The van der Waals surface area contributed by atoms with Gasteiger partial charge in [-0.2, -0.15) is 5.26 Å². The summed E-state index contributed by atoms with van der Waals surface area (Å²) in [6.07, 6.45) is 0.519. The zero-order valence-corrected chi connectivity index (χ0v) is 10.8. The van der Waals surface area contributed by atoms with Gasteiger partial charge in [-0.15, -0.1) is 0 Å². The first-order chi connectivity index (χ1) is 8.54. The van der Waals surface area contributed by atoms with Gasteiger partial charge in [0.1, 0.15) is 0 Å². The fraction of sp³-hybridized carbons (Fsp3) is 0.429. The Bertz CT molecular complexity index is 424. The van der Waals surface area contributed by atoms with Crippen molar-refractivity contribution in [3.05, 3.63) is 35.9 Å². The van der Waals surface area contributed by atoms with Crippen LogP contribution in [0.2, 0.25) is 0 Å². The lowest BCUT2D eigenvalue weighted by molar-refractivity contribution is -0.131. The smallest absolute Gasteiger partial charge is 0.239 e. The third-order valence-corrected chi connectivity index (χ3v) is 2.76. The molecule has 0 spiro atoms. The number of hydrogen-bond acceptors (Lipinski definition) is 3. The molecule has 0 radical (unpaired) electrons. The van der Waals surface area contributed by atoms with Gasteiger partial charge in [0.2, 0.25) is 5.91 Å². The van der Waals surface area contributed by atoms with E-state index in [-0.39, 0.29) is 11.8 Å². The Hall–Kier alpha value is -1.86. The van der Waals surface area contributed by atoms with Crippen molar-refractivity contribution in [1.29, 1.82) is 5.26 Å². The highest BCUT2D eigenvalue weighted by molar-refractivity contribution is 5.81. The molecular formula is C14H19N3O. The summed E-state index contributed by atoms with van der Waals surface area (Å²) < 4.78 is 0. The van der Waals surface area contributed by atoms with E-state index >= 15 is 0 Å². The van der Waals surface area contributed by atoms with Crippen LogP contribution < -0.4 is 5.73 Å². The van der Waals surface area contributed by atoms with E-state index in [1.807, 2.05) is 30.3 Å². The van der Waals surface area contributed by atoms with Crippen molar-refractivity contribution >= 4 is 5.91 Å². The molecule has 0 saturated carbocycles. The van der Waals surface area contributed by atoms with Crippen molar-refractivity contribution in [1.82, 2.24) is 4.90 Å². The maximum absolute atomic E-state index is 12.0. The molecule has 1 aromatic rings. The molecule has 0 aliphatic carbocycles. The topological polar surface area (TPSA) is 70.1 Å². The molecule has 1 aromatic carbocycles. The maximum atomic E-state index is 12.0. The van der Waals surface area contributed by atoms with Crippen LogP contribution in [-0.2, 0) is 11.2 Å². The molecular weight excluding hydrogens is 226 g/mol. The fourth-order valence-corrected chi connectivity index (χ4v) is 1.78. The van der Waals surface area contributed by atoms with E-state index in [2.05, 4.69) is 6.07 Å². The van der Waals surface area contributed by atoms with E-state index in [1.165, 1.54) is 4.90 Å². The van der Waals surface area contributed by atoms with E-state index in [0.29, 0.717) is 13.0 Å². The highest BCUT2D eigenvalue weighted by atomic mass is 16.2. The molecule has 0 saturated heterocycles. The van der Waals surface area contributed by atoms with Crippen LogP contribution in [0.15, 0.2) is 30.3 Å². The quantitative estimate of drug-likeness (QED) is 0.846. The monoisotopic (exact) mass is 245 g/mol. The Morgan fingerprint density at radius 3 is 2.61 bits per heavy atom. The van der Waals surface area contributed by atoms with Crippen molar-refractivity contribution in [3.8, 4) is 6.07 Å². The van der Waals surface area contributed by atoms with Crippen molar-refractivity contribution in [2.75, 3.05) is 13.6 Å². The molecule has 0 heterocycles. The first-order valence-electron chi connectivity index (χ1n) is 5.98. The zero-order valence-electron chi connectivity index (χ0n) is 10.8. The van der Waals surface area contributed by atoms with Gasteiger partial charge in [-0.3, -0.25) is 4.79 Å².